The van der Waals surface area contributed by atoms with E-state index in [1.165, 1.54) is 5.06 Å². The van der Waals surface area contributed by atoms with Crippen molar-refractivity contribution >= 4 is 12.4 Å². The fraction of sp³-hybridized carbons (Fsp3) is 0.619. The van der Waals surface area contributed by atoms with E-state index in [-0.39, 0.29) is 0 Å². The van der Waals surface area contributed by atoms with E-state index in [9.17, 15) is 14.7 Å². The van der Waals surface area contributed by atoms with Crippen LogP contribution in [0.1, 0.15) is 51.5 Å². The van der Waals surface area contributed by atoms with Crippen molar-refractivity contribution in [2.45, 2.75) is 64.7 Å². The summed E-state index contributed by atoms with van der Waals surface area (Å²) < 4.78 is 5.58. The van der Waals surface area contributed by atoms with Gasteiger partial charge in [-0.2, -0.15) is 0 Å². The number of hydroxylamine groups is 2. The Morgan fingerprint density at radius 1 is 1.30 bits per heavy atom. The van der Waals surface area contributed by atoms with Crippen molar-refractivity contribution in [2.75, 3.05) is 6.61 Å². The van der Waals surface area contributed by atoms with E-state index >= 15 is 0 Å². The molecule has 1 amide bonds. The van der Waals surface area contributed by atoms with Crippen LogP contribution in [-0.2, 0) is 25.6 Å². The number of carboxylic acid groups (broad SMARTS) is 1. The lowest BCUT2D eigenvalue weighted by molar-refractivity contribution is -0.289. The molecule has 1 aromatic carbocycles. The smallest absolute Gasteiger partial charge is 0.308 e. The summed E-state index contributed by atoms with van der Waals surface area (Å²) in [6.07, 6.45) is 4.42. The SMILES string of the molecule is CC(C)CC[C@@H](C(=O)O)[C@H](Cc1ccccc1)N(C=O)OC1CCCCO1. The third-order valence-corrected chi connectivity index (χ3v) is 4.93. The Labute approximate surface area is 161 Å². The molecule has 27 heavy (non-hydrogen) atoms. The summed E-state index contributed by atoms with van der Waals surface area (Å²) in [5.41, 5.74) is 0.971. The maximum absolute atomic E-state index is 12.0. The molecule has 0 aliphatic carbocycles. The number of nitrogens with zero attached hydrogens (tertiary/aromatic N) is 1. The number of aliphatic carboxylic acids is 1. The lowest BCUT2D eigenvalue weighted by Gasteiger charge is -2.35. The summed E-state index contributed by atoms with van der Waals surface area (Å²) in [6.45, 7) is 4.72. The Bertz CT molecular complexity index is 571. The second kappa shape index (κ2) is 11.0. The predicted molar refractivity (Wildman–Crippen MR) is 102 cm³/mol. The second-order valence-electron chi connectivity index (χ2n) is 7.54. The number of carbonyl (C=O) groups is 2. The number of carboxylic acids is 1. The fourth-order valence-electron chi connectivity index (χ4n) is 3.37. The first-order chi connectivity index (χ1) is 13.0. The van der Waals surface area contributed by atoms with Crippen molar-refractivity contribution in [2.24, 2.45) is 11.8 Å². The zero-order chi connectivity index (χ0) is 19.6. The highest BCUT2D eigenvalue weighted by atomic mass is 16.8. The number of hydrogen-bond acceptors (Lipinski definition) is 4. The molecule has 0 spiro atoms. The van der Waals surface area contributed by atoms with Gasteiger partial charge in [0.15, 0.2) is 6.29 Å². The van der Waals surface area contributed by atoms with E-state index in [2.05, 4.69) is 13.8 Å². The van der Waals surface area contributed by atoms with Gasteiger partial charge < -0.3 is 9.84 Å². The zero-order valence-corrected chi connectivity index (χ0v) is 16.3. The number of ether oxygens (including phenoxy) is 1. The molecule has 1 fully saturated rings. The highest BCUT2D eigenvalue weighted by Gasteiger charge is 2.35. The van der Waals surface area contributed by atoms with Gasteiger partial charge in [0.25, 0.3) is 0 Å². The molecule has 1 unspecified atom stereocenters. The van der Waals surface area contributed by atoms with Crippen LogP contribution in [-0.4, -0.2) is 41.5 Å². The van der Waals surface area contributed by atoms with Gasteiger partial charge in [-0.3, -0.25) is 9.59 Å². The van der Waals surface area contributed by atoms with Crippen LogP contribution < -0.4 is 0 Å². The highest BCUT2D eigenvalue weighted by Crippen LogP contribution is 2.25. The van der Waals surface area contributed by atoms with E-state index in [1.54, 1.807) is 0 Å². The number of hydrogen-bond donors (Lipinski definition) is 1. The number of carbonyl (C=O) groups excluding carboxylic acids is 1. The molecule has 2 rings (SSSR count). The molecule has 6 heteroatoms. The molecule has 1 N–H and O–H groups in total. The lowest BCUT2D eigenvalue weighted by Crippen LogP contribution is -2.47. The zero-order valence-electron chi connectivity index (χ0n) is 16.3. The first kappa shape index (κ1) is 21.4. The monoisotopic (exact) mass is 377 g/mol. The van der Waals surface area contributed by atoms with Gasteiger partial charge in [-0.1, -0.05) is 50.6 Å². The fourth-order valence-corrected chi connectivity index (χ4v) is 3.37. The van der Waals surface area contributed by atoms with Crippen LogP contribution in [0.15, 0.2) is 30.3 Å². The third kappa shape index (κ3) is 6.96. The molecule has 0 saturated carbocycles. The summed E-state index contributed by atoms with van der Waals surface area (Å²) in [4.78, 5) is 29.6. The predicted octanol–water partition coefficient (Wildman–Crippen LogP) is 3.65. The Balaban J connectivity index is 2.21. The average Bonchev–Trinajstić information content (AvgIpc) is 2.66. The summed E-state index contributed by atoms with van der Waals surface area (Å²) in [5, 5.41) is 11.0. The molecular formula is C21H31NO5. The van der Waals surface area contributed by atoms with Crippen LogP contribution in [0.4, 0.5) is 0 Å². The normalized spacial score (nSPS) is 19.4. The van der Waals surface area contributed by atoms with Gasteiger partial charge in [0.1, 0.15) is 0 Å². The highest BCUT2D eigenvalue weighted by molar-refractivity contribution is 5.71. The molecule has 1 aromatic rings. The Kier molecular flexibility index (Phi) is 8.75. The topological polar surface area (TPSA) is 76.1 Å². The third-order valence-electron chi connectivity index (χ3n) is 4.93. The van der Waals surface area contributed by atoms with Gasteiger partial charge in [-0.15, -0.1) is 0 Å². The van der Waals surface area contributed by atoms with Crippen LogP contribution in [0.3, 0.4) is 0 Å². The van der Waals surface area contributed by atoms with Gasteiger partial charge in [0, 0.05) is 13.0 Å². The van der Waals surface area contributed by atoms with Gasteiger partial charge in [0.05, 0.1) is 12.0 Å². The van der Waals surface area contributed by atoms with Gasteiger partial charge in [0.2, 0.25) is 6.41 Å². The van der Waals surface area contributed by atoms with Crippen molar-refractivity contribution in [3.8, 4) is 0 Å². The maximum Gasteiger partial charge on any atom is 0.308 e. The van der Waals surface area contributed by atoms with Crippen molar-refractivity contribution < 1.29 is 24.3 Å². The quantitative estimate of drug-likeness (QED) is 0.470. The maximum atomic E-state index is 12.0. The molecule has 150 valence electrons. The first-order valence-corrected chi connectivity index (χ1v) is 9.80. The van der Waals surface area contributed by atoms with Crippen molar-refractivity contribution in [1.82, 2.24) is 5.06 Å². The minimum atomic E-state index is -0.906. The molecule has 6 nitrogen and oxygen atoms in total. The number of rotatable bonds is 11. The molecule has 1 aliphatic rings. The standard InChI is InChI=1S/C21H31NO5/c1-16(2)11-12-18(21(24)25)19(14-17-8-4-3-5-9-17)22(15-23)27-20-10-6-7-13-26-20/h3-5,8-9,15-16,18-20H,6-7,10-14H2,1-2H3,(H,24,25)/t18-,19+,20?/m1/s1. The molecule has 0 aromatic heterocycles. The van der Waals surface area contributed by atoms with Crippen LogP contribution in [0.25, 0.3) is 0 Å². The molecule has 1 aliphatic heterocycles. The Morgan fingerprint density at radius 2 is 2.04 bits per heavy atom. The minimum absolute atomic E-state index is 0.386. The van der Waals surface area contributed by atoms with Gasteiger partial charge in [-0.25, -0.2) is 9.90 Å². The van der Waals surface area contributed by atoms with E-state index in [4.69, 9.17) is 9.57 Å². The number of amides is 1. The average molecular weight is 377 g/mol. The molecule has 1 heterocycles. The molecule has 1 saturated heterocycles. The number of benzene rings is 1. The lowest BCUT2D eigenvalue weighted by atomic mass is 9.87. The van der Waals surface area contributed by atoms with Gasteiger partial charge >= 0.3 is 5.97 Å². The Hall–Kier alpha value is -1.92. The second-order valence-corrected chi connectivity index (χ2v) is 7.54. The van der Waals surface area contributed by atoms with E-state index in [1.807, 2.05) is 30.3 Å². The van der Waals surface area contributed by atoms with Crippen molar-refractivity contribution in [3.63, 3.8) is 0 Å². The summed E-state index contributed by atoms with van der Waals surface area (Å²) in [6, 6.07) is 9.02. The molecule has 0 radical (unpaired) electrons. The van der Waals surface area contributed by atoms with Crippen molar-refractivity contribution in [3.05, 3.63) is 35.9 Å². The largest absolute Gasteiger partial charge is 0.481 e. The molecule has 0 bridgehead atoms. The van der Waals surface area contributed by atoms with Crippen LogP contribution in [0, 0.1) is 11.8 Å². The molecular weight excluding hydrogens is 346 g/mol. The first-order valence-electron chi connectivity index (χ1n) is 9.80. The van der Waals surface area contributed by atoms with Crippen LogP contribution in [0.2, 0.25) is 0 Å². The summed E-state index contributed by atoms with van der Waals surface area (Å²) in [7, 11) is 0. The van der Waals surface area contributed by atoms with Gasteiger partial charge in [-0.05, 0) is 37.2 Å². The minimum Gasteiger partial charge on any atom is -0.481 e. The van der Waals surface area contributed by atoms with E-state index in [0.29, 0.717) is 38.2 Å². The van der Waals surface area contributed by atoms with Crippen LogP contribution in [0.5, 0.6) is 0 Å². The molecule has 3 atom stereocenters. The van der Waals surface area contributed by atoms with E-state index in [0.717, 1.165) is 24.8 Å². The Morgan fingerprint density at radius 3 is 2.59 bits per heavy atom. The summed E-state index contributed by atoms with van der Waals surface area (Å²) in [5.74, 6) is -1.23. The van der Waals surface area contributed by atoms with Crippen LogP contribution >= 0.6 is 0 Å². The van der Waals surface area contributed by atoms with E-state index < -0.39 is 24.2 Å². The summed E-state index contributed by atoms with van der Waals surface area (Å²) >= 11 is 0. The van der Waals surface area contributed by atoms with Crippen molar-refractivity contribution in [1.29, 1.82) is 0 Å².